The van der Waals surface area contributed by atoms with E-state index in [0.29, 0.717) is 41.6 Å². The normalized spacial score (nSPS) is 18.3. The highest BCUT2D eigenvalue weighted by Crippen LogP contribution is 2.34. The number of nitrogens with one attached hydrogen (secondary N) is 2. The number of carbonyl (C=O) groups is 1. The third-order valence-electron chi connectivity index (χ3n) is 5.94. The van der Waals surface area contributed by atoms with Crippen molar-refractivity contribution in [2.24, 2.45) is 0 Å². The zero-order chi connectivity index (χ0) is 22.9. The van der Waals surface area contributed by atoms with Crippen molar-refractivity contribution in [1.82, 2.24) is 15.1 Å². The number of rotatable bonds is 3. The maximum atomic E-state index is 13.1. The van der Waals surface area contributed by atoms with E-state index in [0.717, 1.165) is 17.8 Å². The number of piperidine rings is 1. The van der Waals surface area contributed by atoms with Crippen LogP contribution >= 0.6 is 23.8 Å². The Morgan fingerprint density at radius 1 is 1.16 bits per heavy atom. The average molecular weight is 483 g/mol. The minimum Gasteiger partial charge on any atom is -0.349 e. The van der Waals surface area contributed by atoms with Crippen LogP contribution in [0.1, 0.15) is 24.0 Å². The van der Waals surface area contributed by atoms with Crippen LogP contribution < -0.4 is 10.6 Å². The van der Waals surface area contributed by atoms with Crippen molar-refractivity contribution in [3.05, 3.63) is 64.7 Å². The Morgan fingerprint density at radius 2 is 1.88 bits per heavy atom. The summed E-state index contributed by atoms with van der Waals surface area (Å²) in [6.45, 7) is 1.50. The number of thiocarbonyl (C=S) groups is 1. The van der Waals surface area contributed by atoms with E-state index in [-0.39, 0.29) is 19.0 Å². The summed E-state index contributed by atoms with van der Waals surface area (Å²) in [6.07, 6.45) is -3.21. The fourth-order valence-electron chi connectivity index (χ4n) is 4.23. The second-order valence-corrected chi connectivity index (χ2v) is 8.81. The van der Waals surface area contributed by atoms with E-state index in [1.807, 2.05) is 17.0 Å². The molecule has 0 radical (unpaired) electrons. The van der Waals surface area contributed by atoms with Gasteiger partial charge in [-0.15, -0.1) is 0 Å². The van der Waals surface area contributed by atoms with Crippen molar-refractivity contribution < 1.29 is 18.0 Å². The number of hydrogen-bond acceptors (Lipinski definition) is 3. The molecule has 2 aliphatic rings. The summed E-state index contributed by atoms with van der Waals surface area (Å²) in [5, 5.41) is 7.65. The monoisotopic (exact) mass is 482 g/mol. The number of benzene rings is 2. The van der Waals surface area contributed by atoms with Gasteiger partial charge in [0.05, 0.1) is 17.8 Å². The van der Waals surface area contributed by atoms with Crippen LogP contribution in [0.2, 0.25) is 5.02 Å². The molecule has 0 unspecified atom stereocenters. The first-order valence-corrected chi connectivity index (χ1v) is 11.0. The van der Waals surface area contributed by atoms with Crippen molar-refractivity contribution in [2.45, 2.75) is 31.2 Å². The molecule has 2 aliphatic heterocycles. The summed E-state index contributed by atoms with van der Waals surface area (Å²) in [4.78, 5) is 16.3. The van der Waals surface area contributed by atoms with E-state index in [1.54, 1.807) is 23.1 Å². The van der Waals surface area contributed by atoms with E-state index in [1.165, 1.54) is 6.07 Å². The number of alkyl halides is 3. The van der Waals surface area contributed by atoms with Gasteiger partial charge in [-0.1, -0.05) is 29.8 Å². The van der Waals surface area contributed by atoms with Crippen LogP contribution in [0.25, 0.3) is 0 Å². The van der Waals surface area contributed by atoms with Crippen LogP contribution in [-0.2, 0) is 17.5 Å². The summed E-state index contributed by atoms with van der Waals surface area (Å²) in [6, 6.07) is 12.4. The van der Waals surface area contributed by atoms with Gasteiger partial charge in [0.1, 0.15) is 0 Å². The van der Waals surface area contributed by atoms with Gasteiger partial charge in [0.2, 0.25) is 5.91 Å². The standard InChI is InChI=1S/C22H22ClF3N4OS/c23-17-5-2-6-18(12-17)28-20(32)29-9-7-21(8-10-29)27-13-19(31)30(21)14-15-3-1-4-16(11-15)22(24,25)26/h1-6,11-12,27H,7-10,13-14H2,(H,28,32). The minimum absolute atomic E-state index is 0.115. The molecule has 0 saturated carbocycles. The smallest absolute Gasteiger partial charge is 0.349 e. The van der Waals surface area contributed by atoms with Crippen LogP contribution in [0.3, 0.4) is 0 Å². The Labute approximate surface area is 194 Å². The van der Waals surface area contributed by atoms with Gasteiger partial charge < -0.3 is 15.1 Å². The van der Waals surface area contributed by atoms with Crippen LogP contribution in [0.5, 0.6) is 0 Å². The Hall–Kier alpha value is -2.36. The first kappa shape index (κ1) is 22.8. The van der Waals surface area contributed by atoms with Gasteiger partial charge in [0.25, 0.3) is 0 Å². The molecule has 10 heteroatoms. The quantitative estimate of drug-likeness (QED) is 0.632. The number of anilines is 1. The van der Waals surface area contributed by atoms with Crippen molar-refractivity contribution in [2.75, 3.05) is 25.0 Å². The number of carbonyl (C=O) groups excluding carboxylic acids is 1. The maximum absolute atomic E-state index is 13.1. The Balaban J connectivity index is 1.43. The van der Waals surface area contributed by atoms with Crippen molar-refractivity contribution >= 4 is 40.5 Å². The molecule has 1 spiro atoms. The van der Waals surface area contributed by atoms with Gasteiger partial charge in [-0.2, -0.15) is 13.2 Å². The van der Waals surface area contributed by atoms with Crippen LogP contribution in [0.15, 0.2) is 48.5 Å². The summed E-state index contributed by atoms with van der Waals surface area (Å²) in [5.41, 5.74) is -0.0520. The molecule has 2 aromatic carbocycles. The van der Waals surface area contributed by atoms with E-state index in [2.05, 4.69) is 10.6 Å². The third-order valence-corrected chi connectivity index (χ3v) is 6.53. The second-order valence-electron chi connectivity index (χ2n) is 7.99. The molecular weight excluding hydrogens is 461 g/mol. The van der Waals surface area contributed by atoms with E-state index < -0.39 is 17.4 Å². The summed E-state index contributed by atoms with van der Waals surface area (Å²) in [5.74, 6) is -0.115. The highest BCUT2D eigenvalue weighted by atomic mass is 35.5. The van der Waals surface area contributed by atoms with Gasteiger partial charge in [0.15, 0.2) is 5.11 Å². The lowest BCUT2D eigenvalue weighted by molar-refractivity contribution is -0.137. The van der Waals surface area contributed by atoms with Crippen molar-refractivity contribution in [1.29, 1.82) is 0 Å². The molecule has 0 aliphatic carbocycles. The lowest BCUT2D eigenvalue weighted by Crippen LogP contribution is -2.59. The molecule has 2 saturated heterocycles. The number of halogens is 4. The molecule has 2 heterocycles. The molecular formula is C22H22ClF3N4OS. The van der Waals surface area contributed by atoms with E-state index >= 15 is 0 Å². The topological polar surface area (TPSA) is 47.6 Å². The molecule has 0 aromatic heterocycles. The first-order valence-electron chi connectivity index (χ1n) is 10.2. The molecule has 2 aromatic rings. The fourth-order valence-corrected chi connectivity index (χ4v) is 4.72. The van der Waals surface area contributed by atoms with E-state index in [4.69, 9.17) is 23.8 Å². The highest BCUT2D eigenvalue weighted by Gasteiger charge is 2.47. The molecule has 2 N–H and O–H groups in total. The lowest BCUT2D eigenvalue weighted by atomic mass is 9.95. The van der Waals surface area contributed by atoms with Crippen molar-refractivity contribution in [3.8, 4) is 0 Å². The predicted octanol–water partition coefficient (Wildman–Crippen LogP) is 4.48. The van der Waals surface area contributed by atoms with Gasteiger partial charge in [0, 0.05) is 43.2 Å². The minimum atomic E-state index is -4.42. The molecule has 1 amide bonds. The highest BCUT2D eigenvalue weighted by molar-refractivity contribution is 7.80. The fraction of sp³-hybridized carbons (Fsp3) is 0.364. The molecule has 4 rings (SSSR count). The van der Waals surface area contributed by atoms with E-state index in [9.17, 15) is 18.0 Å². The van der Waals surface area contributed by atoms with Gasteiger partial charge >= 0.3 is 6.18 Å². The number of hydrogen-bond donors (Lipinski definition) is 2. The first-order chi connectivity index (χ1) is 15.2. The summed E-state index contributed by atoms with van der Waals surface area (Å²) in [7, 11) is 0. The molecule has 0 atom stereocenters. The third kappa shape index (κ3) is 4.84. The van der Waals surface area contributed by atoms with Gasteiger partial charge in [-0.05, 0) is 48.1 Å². The zero-order valence-corrected chi connectivity index (χ0v) is 18.7. The Bertz CT molecular complexity index is 1020. The van der Waals surface area contributed by atoms with Crippen LogP contribution in [0, 0.1) is 0 Å². The zero-order valence-electron chi connectivity index (χ0n) is 17.1. The summed E-state index contributed by atoms with van der Waals surface area (Å²) >= 11 is 11.6. The van der Waals surface area contributed by atoms with Crippen LogP contribution in [-0.4, -0.2) is 46.1 Å². The molecule has 0 bridgehead atoms. The lowest BCUT2D eigenvalue weighted by Gasteiger charge is -2.45. The molecule has 2 fully saturated rings. The SMILES string of the molecule is O=C1CNC2(CCN(C(=S)Nc3cccc(Cl)c3)CC2)N1Cc1cccc(C(F)(F)F)c1. The second kappa shape index (κ2) is 8.88. The Morgan fingerprint density at radius 3 is 2.56 bits per heavy atom. The van der Waals surface area contributed by atoms with Crippen LogP contribution in [0.4, 0.5) is 18.9 Å². The summed E-state index contributed by atoms with van der Waals surface area (Å²) < 4.78 is 39.2. The van der Waals surface area contributed by atoms with Crippen molar-refractivity contribution in [3.63, 3.8) is 0 Å². The maximum Gasteiger partial charge on any atom is 0.416 e. The molecule has 170 valence electrons. The number of nitrogens with zero attached hydrogens (tertiary/aromatic N) is 2. The number of amides is 1. The average Bonchev–Trinajstić information content (AvgIpc) is 3.03. The largest absolute Gasteiger partial charge is 0.416 e. The van der Waals surface area contributed by atoms with Gasteiger partial charge in [-0.25, -0.2) is 0 Å². The molecule has 32 heavy (non-hydrogen) atoms. The molecule has 5 nitrogen and oxygen atoms in total. The van der Waals surface area contributed by atoms with Gasteiger partial charge in [-0.3, -0.25) is 10.1 Å². The Kier molecular flexibility index (Phi) is 6.33. The number of likely N-dealkylation sites (tertiary alicyclic amines) is 1. The predicted molar refractivity (Wildman–Crippen MR) is 121 cm³/mol.